The molecule has 5 heteroatoms. The molecule has 0 saturated heterocycles. The van der Waals surface area contributed by atoms with Crippen LogP contribution in [0.25, 0.3) is 0 Å². The number of hydrogen-bond donors (Lipinski definition) is 2. The lowest BCUT2D eigenvalue weighted by Gasteiger charge is -2.14. The van der Waals surface area contributed by atoms with Crippen molar-refractivity contribution < 1.29 is 0 Å². The molecule has 2 rings (SSSR count). The van der Waals surface area contributed by atoms with Gasteiger partial charge in [-0.15, -0.1) is 0 Å². The molecule has 0 spiro atoms. The molecule has 2 heterocycles. The number of nitrogens with zero attached hydrogens (tertiary/aromatic N) is 3. The Bertz CT molecular complexity index is 508. The molecule has 2 unspecified atom stereocenters. The van der Waals surface area contributed by atoms with Crippen molar-refractivity contribution in [3.63, 3.8) is 0 Å². The zero-order valence-electron chi connectivity index (χ0n) is 12.2. The minimum Gasteiger partial charge on any atom is -0.271 e. The summed E-state index contributed by atoms with van der Waals surface area (Å²) in [5.41, 5.74) is 4.96. The second-order valence-corrected chi connectivity index (χ2v) is 5.14. The third kappa shape index (κ3) is 3.88. The summed E-state index contributed by atoms with van der Waals surface area (Å²) in [5, 5.41) is 4.61. The van der Waals surface area contributed by atoms with Gasteiger partial charge in [-0.1, -0.05) is 13.0 Å². The first-order chi connectivity index (χ1) is 9.72. The number of nitrogens with two attached hydrogens (primary N) is 1. The molecule has 20 heavy (non-hydrogen) atoms. The van der Waals surface area contributed by atoms with Gasteiger partial charge in [-0.3, -0.25) is 20.9 Å². The summed E-state index contributed by atoms with van der Waals surface area (Å²) >= 11 is 0. The van der Waals surface area contributed by atoms with Gasteiger partial charge in [-0.25, -0.2) is 0 Å². The van der Waals surface area contributed by atoms with E-state index in [1.165, 1.54) is 0 Å². The molecule has 0 aromatic carbocycles. The van der Waals surface area contributed by atoms with E-state index in [0.29, 0.717) is 6.04 Å². The van der Waals surface area contributed by atoms with Crippen molar-refractivity contribution in [2.24, 2.45) is 5.84 Å². The van der Waals surface area contributed by atoms with Crippen LogP contribution in [0.4, 0.5) is 0 Å². The Labute approximate surface area is 120 Å². The van der Waals surface area contributed by atoms with Gasteiger partial charge in [-0.05, 0) is 31.5 Å². The predicted molar refractivity (Wildman–Crippen MR) is 80.0 cm³/mol. The Morgan fingerprint density at radius 2 is 2.05 bits per heavy atom. The molecule has 2 aromatic rings. The quantitative estimate of drug-likeness (QED) is 0.597. The molecular formula is C15H23N5. The van der Waals surface area contributed by atoms with E-state index < -0.39 is 0 Å². The van der Waals surface area contributed by atoms with Gasteiger partial charge in [0.25, 0.3) is 0 Å². The SMILES string of the molecule is CCC(C)n1ccc(CC(Cc2ccccn2)NN)n1. The average molecular weight is 273 g/mol. The highest BCUT2D eigenvalue weighted by Gasteiger charge is 2.12. The summed E-state index contributed by atoms with van der Waals surface area (Å²) < 4.78 is 2.02. The van der Waals surface area contributed by atoms with E-state index in [1.54, 1.807) is 6.20 Å². The standard InChI is InChI=1S/C15H23N5/c1-3-12(2)20-9-7-14(19-20)11-15(18-16)10-13-6-4-5-8-17-13/h4-9,12,15,18H,3,10-11,16H2,1-2H3. The number of rotatable bonds is 7. The molecule has 0 saturated carbocycles. The summed E-state index contributed by atoms with van der Waals surface area (Å²) in [6.07, 6.45) is 6.52. The first-order valence-corrected chi connectivity index (χ1v) is 7.13. The highest BCUT2D eigenvalue weighted by Crippen LogP contribution is 2.11. The van der Waals surface area contributed by atoms with Crippen LogP contribution in [0.2, 0.25) is 0 Å². The molecule has 0 fully saturated rings. The number of hydrazine groups is 1. The third-order valence-electron chi connectivity index (χ3n) is 3.58. The molecule has 0 bridgehead atoms. The normalized spacial score (nSPS) is 14.2. The van der Waals surface area contributed by atoms with Gasteiger partial charge in [0.2, 0.25) is 0 Å². The minimum atomic E-state index is 0.144. The molecule has 3 N–H and O–H groups in total. The second-order valence-electron chi connectivity index (χ2n) is 5.14. The van der Waals surface area contributed by atoms with Crippen LogP contribution in [0.15, 0.2) is 36.7 Å². The van der Waals surface area contributed by atoms with E-state index in [2.05, 4.69) is 35.4 Å². The van der Waals surface area contributed by atoms with Crippen LogP contribution in [0.5, 0.6) is 0 Å². The average Bonchev–Trinajstić information content (AvgIpc) is 2.95. The van der Waals surface area contributed by atoms with Crippen molar-refractivity contribution in [3.8, 4) is 0 Å². The van der Waals surface area contributed by atoms with Gasteiger partial charge >= 0.3 is 0 Å². The van der Waals surface area contributed by atoms with E-state index in [1.807, 2.05) is 29.1 Å². The van der Waals surface area contributed by atoms with E-state index >= 15 is 0 Å². The lowest BCUT2D eigenvalue weighted by molar-refractivity contribution is 0.463. The lowest BCUT2D eigenvalue weighted by Crippen LogP contribution is -2.38. The van der Waals surface area contributed by atoms with Crippen molar-refractivity contribution in [2.45, 2.75) is 45.2 Å². The number of pyridine rings is 1. The van der Waals surface area contributed by atoms with E-state index in [-0.39, 0.29) is 6.04 Å². The van der Waals surface area contributed by atoms with Crippen LogP contribution in [-0.2, 0) is 12.8 Å². The maximum absolute atomic E-state index is 5.65. The Balaban J connectivity index is 1.98. The van der Waals surface area contributed by atoms with Crippen LogP contribution >= 0.6 is 0 Å². The van der Waals surface area contributed by atoms with Crippen molar-refractivity contribution in [3.05, 3.63) is 48.0 Å². The first-order valence-electron chi connectivity index (χ1n) is 7.13. The highest BCUT2D eigenvalue weighted by atomic mass is 15.3. The summed E-state index contributed by atoms with van der Waals surface area (Å²) in [6, 6.07) is 8.57. The molecule has 0 aliphatic heterocycles. The Morgan fingerprint density at radius 1 is 1.25 bits per heavy atom. The molecule has 0 aliphatic carbocycles. The first kappa shape index (κ1) is 14.7. The molecule has 0 amide bonds. The Kier molecular flexibility index (Phi) is 5.26. The second kappa shape index (κ2) is 7.17. The van der Waals surface area contributed by atoms with Crippen LogP contribution in [0.1, 0.15) is 37.7 Å². The highest BCUT2D eigenvalue weighted by molar-refractivity contribution is 5.08. The predicted octanol–water partition coefficient (Wildman–Crippen LogP) is 1.87. The monoisotopic (exact) mass is 273 g/mol. The van der Waals surface area contributed by atoms with Gasteiger partial charge in [0.1, 0.15) is 0 Å². The van der Waals surface area contributed by atoms with Crippen LogP contribution in [0, 0.1) is 0 Å². The maximum atomic E-state index is 5.65. The fourth-order valence-electron chi connectivity index (χ4n) is 2.13. The minimum absolute atomic E-state index is 0.144. The van der Waals surface area contributed by atoms with E-state index in [9.17, 15) is 0 Å². The van der Waals surface area contributed by atoms with Gasteiger partial charge in [-0.2, -0.15) is 5.10 Å². The molecular weight excluding hydrogens is 250 g/mol. The Hall–Kier alpha value is -1.72. The van der Waals surface area contributed by atoms with Crippen LogP contribution in [-0.4, -0.2) is 20.8 Å². The number of nitrogens with one attached hydrogen (secondary N) is 1. The molecule has 2 atom stereocenters. The largest absolute Gasteiger partial charge is 0.271 e. The fraction of sp³-hybridized carbons (Fsp3) is 0.467. The zero-order chi connectivity index (χ0) is 14.4. The molecule has 5 nitrogen and oxygen atoms in total. The summed E-state index contributed by atoms with van der Waals surface area (Å²) in [4.78, 5) is 4.33. The molecule has 0 radical (unpaired) electrons. The molecule has 2 aromatic heterocycles. The Morgan fingerprint density at radius 3 is 2.70 bits per heavy atom. The van der Waals surface area contributed by atoms with E-state index in [4.69, 9.17) is 5.84 Å². The van der Waals surface area contributed by atoms with Crippen molar-refractivity contribution >= 4 is 0 Å². The summed E-state index contributed by atoms with van der Waals surface area (Å²) in [6.45, 7) is 4.33. The van der Waals surface area contributed by atoms with Crippen molar-refractivity contribution in [1.82, 2.24) is 20.2 Å². The number of aromatic nitrogens is 3. The van der Waals surface area contributed by atoms with E-state index in [0.717, 1.165) is 30.7 Å². The van der Waals surface area contributed by atoms with Gasteiger partial charge < -0.3 is 0 Å². The van der Waals surface area contributed by atoms with Gasteiger partial charge in [0, 0.05) is 43.0 Å². The zero-order valence-corrected chi connectivity index (χ0v) is 12.2. The maximum Gasteiger partial charge on any atom is 0.0640 e. The molecule has 108 valence electrons. The van der Waals surface area contributed by atoms with Crippen molar-refractivity contribution in [2.75, 3.05) is 0 Å². The molecule has 0 aliphatic rings. The number of hydrogen-bond acceptors (Lipinski definition) is 4. The van der Waals surface area contributed by atoms with Gasteiger partial charge in [0.05, 0.1) is 5.69 Å². The van der Waals surface area contributed by atoms with Crippen molar-refractivity contribution in [1.29, 1.82) is 0 Å². The fourth-order valence-corrected chi connectivity index (χ4v) is 2.13. The topological polar surface area (TPSA) is 68.8 Å². The van der Waals surface area contributed by atoms with Gasteiger partial charge in [0.15, 0.2) is 0 Å². The smallest absolute Gasteiger partial charge is 0.0640 e. The lowest BCUT2D eigenvalue weighted by atomic mass is 10.1. The summed E-state index contributed by atoms with van der Waals surface area (Å²) in [7, 11) is 0. The summed E-state index contributed by atoms with van der Waals surface area (Å²) in [5.74, 6) is 5.65. The third-order valence-corrected chi connectivity index (χ3v) is 3.58. The van der Waals surface area contributed by atoms with Crippen LogP contribution < -0.4 is 11.3 Å². The van der Waals surface area contributed by atoms with Crippen LogP contribution in [0.3, 0.4) is 0 Å².